The van der Waals surface area contributed by atoms with Crippen molar-refractivity contribution >= 4 is 34.8 Å². The Balaban J connectivity index is 1.78. The van der Waals surface area contributed by atoms with Crippen LogP contribution in [0.15, 0.2) is 42.5 Å². The number of aliphatic hydroxyl groups is 1. The number of rotatable bonds is 7. The van der Waals surface area contributed by atoms with Crippen LogP contribution in [0, 0.1) is 16.0 Å². The average Bonchev–Trinajstić information content (AvgIpc) is 3.48. The van der Waals surface area contributed by atoms with Crippen molar-refractivity contribution in [3.63, 3.8) is 0 Å². The van der Waals surface area contributed by atoms with Gasteiger partial charge < -0.3 is 10.4 Å². The summed E-state index contributed by atoms with van der Waals surface area (Å²) in [4.78, 5) is 28.4. The molecule has 9 heteroatoms. The second kappa shape index (κ2) is 8.55. The molecule has 2 heterocycles. The summed E-state index contributed by atoms with van der Waals surface area (Å²) in [6.07, 6.45) is 2.92. The maximum Gasteiger partial charge on any atom is 0.250 e. The van der Waals surface area contributed by atoms with E-state index in [1.807, 2.05) is 12.1 Å². The SMILES string of the molecule is O=C1Nc2cc(Cl)ccc2[C@@]12[C@@H](c1cccc(Cl)c1)[C@H]([N+](=O)[O-])[C@H](CCCO)N2CC1CC1. The van der Waals surface area contributed by atoms with E-state index in [1.165, 1.54) is 0 Å². The summed E-state index contributed by atoms with van der Waals surface area (Å²) >= 11 is 12.5. The largest absolute Gasteiger partial charge is 0.396 e. The van der Waals surface area contributed by atoms with Crippen LogP contribution in [0.4, 0.5) is 5.69 Å². The van der Waals surface area contributed by atoms with Crippen molar-refractivity contribution < 1.29 is 14.8 Å². The Bertz CT molecular complexity index is 1110. The van der Waals surface area contributed by atoms with E-state index < -0.39 is 23.5 Å². The number of likely N-dealkylation sites (tertiary alicyclic amines) is 1. The van der Waals surface area contributed by atoms with Crippen molar-refractivity contribution in [2.75, 3.05) is 18.5 Å². The van der Waals surface area contributed by atoms with Gasteiger partial charge in [-0.1, -0.05) is 41.4 Å². The van der Waals surface area contributed by atoms with E-state index in [9.17, 15) is 20.0 Å². The van der Waals surface area contributed by atoms with Gasteiger partial charge in [0.15, 0.2) is 0 Å². The molecule has 5 rings (SSSR count). The van der Waals surface area contributed by atoms with Gasteiger partial charge in [0.25, 0.3) is 5.91 Å². The maximum absolute atomic E-state index is 13.9. The molecule has 0 bridgehead atoms. The first-order chi connectivity index (χ1) is 15.9. The Morgan fingerprint density at radius 2 is 1.94 bits per heavy atom. The Morgan fingerprint density at radius 1 is 1.18 bits per heavy atom. The van der Waals surface area contributed by atoms with E-state index in [4.69, 9.17) is 23.2 Å². The number of hydrogen-bond donors (Lipinski definition) is 2. The lowest BCUT2D eigenvalue weighted by Gasteiger charge is -2.38. The van der Waals surface area contributed by atoms with Gasteiger partial charge in [-0.3, -0.25) is 19.8 Å². The number of aliphatic hydroxyl groups excluding tert-OH is 1. The molecule has 174 valence electrons. The van der Waals surface area contributed by atoms with Crippen LogP contribution in [0.1, 0.15) is 42.7 Å². The van der Waals surface area contributed by atoms with Crippen LogP contribution in [-0.2, 0) is 10.3 Å². The topological polar surface area (TPSA) is 95.7 Å². The maximum atomic E-state index is 13.9. The highest BCUT2D eigenvalue weighted by atomic mass is 35.5. The third-order valence-corrected chi connectivity index (χ3v) is 7.76. The molecule has 0 unspecified atom stereocenters. The molecule has 4 atom stereocenters. The van der Waals surface area contributed by atoms with Crippen LogP contribution < -0.4 is 5.32 Å². The highest BCUT2D eigenvalue weighted by Gasteiger charge is 2.70. The number of amides is 1. The molecule has 1 amide bonds. The number of halogens is 2. The molecule has 2 aromatic rings. The van der Waals surface area contributed by atoms with Gasteiger partial charge in [-0.15, -0.1) is 0 Å². The van der Waals surface area contributed by atoms with Crippen molar-refractivity contribution in [2.45, 2.75) is 49.2 Å². The van der Waals surface area contributed by atoms with Crippen LogP contribution in [0.2, 0.25) is 10.0 Å². The van der Waals surface area contributed by atoms with Crippen LogP contribution >= 0.6 is 23.2 Å². The lowest BCUT2D eigenvalue weighted by Crippen LogP contribution is -2.52. The number of nitrogens with zero attached hydrogens (tertiary/aromatic N) is 2. The number of carbonyl (C=O) groups excluding carboxylic acids is 1. The van der Waals surface area contributed by atoms with Crippen molar-refractivity contribution in [3.8, 4) is 0 Å². The Hall–Kier alpha value is -2.19. The van der Waals surface area contributed by atoms with Gasteiger partial charge in [-0.2, -0.15) is 0 Å². The molecule has 0 aromatic heterocycles. The molecule has 1 saturated carbocycles. The molecular weight excluding hydrogens is 465 g/mol. The lowest BCUT2D eigenvalue weighted by molar-refractivity contribution is -0.528. The second-order valence-corrected chi connectivity index (χ2v) is 10.1. The van der Waals surface area contributed by atoms with Gasteiger partial charge in [-0.05, 0) is 61.4 Å². The summed E-state index contributed by atoms with van der Waals surface area (Å²) in [5.74, 6) is -0.632. The highest BCUT2D eigenvalue weighted by Crippen LogP contribution is 2.59. The number of hydrogen-bond acceptors (Lipinski definition) is 5. The van der Waals surface area contributed by atoms with Crippen molar-refractivity contribution in [2.24, 2.45) is 5.92 Å². The average molecular weight is 490 g/mol. The molecule has 33 heavy (non-hydrogen) atoms. The number of nitro groups is 1. The van der Waals surface area contributed by atoms with Crippen LogP contribution in [0.25, 0.3) is 0 Å². The van der Waals surface area contributed by atoms with E-state index in [0.29, 0.717) is 52.2 Å². The Labute approximate surface area is 201 Å². The fourth-order valence-electron chi connectivity index (χ4n) is 5.87. The first kappa shape index (κ1) is 22.6. The molecule has 2 aromatic carbocycles. The molecule has 3 aliphatic rings. The highest BCUT2D eigenvalue weighted by molar-refractivity contribution is 6.31. The second-order valence-electron chi connectivity index (χ2n) is 9.25. The molecule has 2 N–H and O–H groups in total. The first-order valence-corrected chi connectivity index (χ1v) is 12.0. The smallest absolute Gasteiger partial charge is 0.250 e. The molecule has 2 aliphatic heterocycles. The number of fused-ring (bicyclic) bond motifs is 2. The van der Waals surface area contributed by atoms with Crippen molar-refractivity contribution in [1.29, 1.82) is 0 Å². The fourth-order valence-corrected chi connectivity index (χ4v) is 6.24. The van der Waals surface area contributed by atoms with E-state index in [0.717, 1.165) is 12.8 Å². The number of carbonyl (C=O) groups is 1. The fraction of sp³-hybridized carbons (Fsp3) is 0.458. The van der Waals surface area contributed by atoms with Crippen molar-refractivity contribution in [1.82, 2.24) is 4.90 Å². The summed E-state index contributed by atoms with van der Waals surface area (Å²) in [5, 5.41) is 26.1. The summed E-state index contributed by atoms with van der Waals surface area (Å²) in [6, 6.07) is 10.7. The van der Waals surface area contributed by atoms with Gasteiger partial charge in [0.2, 0.25) is 6.04 Å². The molecule has 7 nitrogen and oxygen atoms in total. The van der Waals surface area contributed by atoms with E-state index >= 15 is 0 Å². The monoisotopic (exact) mass is 489 g/mol. The van der Waals surface area contributed by atoms with Gasteiger partial charge in [0, 0.05) is 39.4 Å². The quantitative estimate of drug-likeness (QED) is 0.442. The summed E-state index contributed by atoms with van der Waals surface area (Å²) in [7, 11) is 0. The van der Waals surface area contributed by atoms with E-state index in [1.54, 1.807) is 30.3 Å². The summed E-state index contributed by atoms with van der Waals surface area (Å²) in [6.45, 7) is 0.526. The third-order valence-electron chi connectivity index (χ3n) is 7.29. The Morgan fingerprint density at radius 3 is 2.61 bits per heavy atom. The lowest BCUT2D eigenvalue weighted by atomic mass is 9.73. The minimum absolute atomic E-state index is 0.0641. The molecule has 2 fully saturated rings. The molecule has 1 spiro atoms. The van der Waals surface area contributed by atoms with Crippen molar-refractivity contribution in [3.05, 3.63) is 73.8 Å². The number of anilines is 1. The predicted molar refractivity (Wildman–Crippen MR) is 126 cm³/mol. The number of benzene rings is 2. The molecule has 1 aliphatic carbocycles. The molecular formula is C24H25Cl2N3O4. The van der Waals surface area contributed by atoms with E-state index in [-0.39, 0.29) is 17.4 Å². The van der Waals surface area contributed by atoms with Gasteiger partial charge in [-0.25, -0.2) is 0 Å². The predicted octanol–water partition coefficient (Wildman–Crippen LogP) is 4.44. The van der Waals surface area contributed by atoms with Gasteiger partial charge in [0.1, 0.15) is 5.54 Å². The molecule has 1 saturated heterocycles. The van der Waals surface area contributed by atoms with E-state index in [2.05, 4.69) is 10.2 Å². The zero-order chi connectivity index (χ0) is 23.3. The normalized spacial score (nSPS) is 28.8. The van der Waals surface area contributed by atoms with Crippen LogP contribution in [0.3, 0.4) is 0 Å². The first-order valence-electron chi connectivity index (χ1n) is 11.3. The Kier molecular flexibility index (Phi) is 5.85. The zero-order valence-electron chi connectivity index (χ0n) is 17.9. The summed E-state index contributed by atoms with van der Waals surface area (Å²) in [5.41, 5.74) is 0.700. The zero-order valence-corrected chi connectivity index (χ0v) is 19.4. The number of nitrogens with one attached hydrogen (secondary N) is 1. The van der Waals surface area contributed by atoms with Gasteiger partial charge in [0.05, 0.1) is 12.0 Å². The molecule has 0 radical (unpaired) electrons. The van der Waals surface area contributed by atoms with Gasteiger partial charge >= 0.3 is 0 Å². The van der Waals surface area contributed by atoms with Crippen LogP contribution in [0.5, 0.6) is 0 Å². The minimum Gasteiger partial charge on any atom is -0.396 e. The van der Waals surface area contributed by atoms with Crippen LogP contribution in [-0.4, -0.2) is 46.1 Å². The summed E-state index contributed by atoms with van der Waals surface area (Å²) < 4.78 is 0. The minimum atomic E-state index is -1.26. The standard InChI is InChI=1S/C24H25Cl2N3O4/c25-16-4-1-3-15(11-16)21-22(29(32)33)20(5-2-10-30)28(13-14-6-7-14)24(21)18-9-8-17(26)12-19(18)27-23(24)31/h1,3-4,8-9,11-12,14,20-22,30H,2,5-7,10,13H2,(H,27,31)/t20-,21-,22+,24+/m0/s1. The third kappa shape index (κ3) is 3.62.